The van der Waals surface area contributed by atoms with Crippen molar-refractivity contribution in [1.82, 2.24) is 4.90 Å². The summed E-state index contributed by atoms with van der Waals surface area (Å²) < 4.78 is 5.62. The molecule has 0 spiro atoms. The number of hydrogen-bond donors (Lipinski definition) is 1. The molecule has 0 amide bonds. The van der Waals surface area contributed by atoms with Gasteiger partial charge < -0.3 is 14.7 Å². The highest BCUT2D eigenvalue weighted by molar-refractivity contribution is 6.35. The maximum Gasteiger partial charge on any atom is 0.138 e. The molecule has 0 saturated carbocycles. The Balaban J connectivity index is 1.46. The number of benzene rings is 2. The Morgan fingerprint density at radius 3 is 2.37 bits per heavy atom. The molecule has 1 heterocycles. The summed E-state index contributed by atoms with van der Waals surface area (Å²) in [6.45, 7) is 6.41. The molecule has 3 rings (SSSR count). The van der Waals surface area contributed by atoms with Crippen LogP contribution in [0.1, 0.15) is 5.56 Å². The summed E-state index contributed by atoms with van der Waals surface area (Å²) >= 11 is 18.1. The molecule has 1 aliphatic heterocycles. The number of β-amino-alcohol motifs (C(OH)–C–C–N with tert-alkyl or cyclic N) is 1. The van der Waals surface area contributed by atoms with Crippen molar-refractivity contribution in [2.75, 3.05) is 44.2 Å². The van der Waals surface area contributed by atoms with Gasteiger partial charge in [0.2, 0.25) is 0 Å². The molecule has 1 atom stereocenters. The number of anilines is 1. The van der Waals surface area contributed by atoms with Crippen LogP contribution in [0, 0.1) is 6.92 Å². The first-order valence-corrected chi connectivity index (χ1v) is 10.0. The van der Waals surface area contributed by atoms with Gasteiger partial charge in [0.15, 0.2) is 0 Å². The summed E-state index contributed by atoms with van der Waals surface area (Å²) in [6, 6.07) is 11.0. The third-order valence-corrected chi connectivity index (χ3v) is 5.44. The topological polar surface area (TPSA) is 35.9 Å². The van der Waals surface area contributed by atoms with Crippen LogP contribution in [-0.4, -0.2) is 55.4 Å². The lowest BCUT2D eigenvalue weighted by Gasteiger charge is -2.37. The summed E-state index contributed by atoms with van der Waals surface area (Å²) in [6.07, 6.45) is -0.587. The zero-order valence-electron chi connectivity index (χ0n) is 15.2. The second kappa shape index (κ2) is 9.35. The lowest BCUT2D eigenvalue weighted by molar-refractivity contribution is 0.0663. The first-order valence-electron chi connectivity index (χ1n) is 8.92. The van der Waals surface area contributed by atoms with Gasteiger partial charge in [-0.3, -0.25) is 4.90 Å². The first kappa shape index (κ1) is 20.6. The number of halogens is 3. The molecule has 2 aromatic carbocycles. The van der Waals surface area contributed by atoms with E-state index in [1.54, 1.807) is 18.2 Å². The van der Waals surface area contributed by atoms with Gasteiger partial charge >= 0.3 is 0 Å². The molecule has 1 unspecified atom stereocenters. The summed E-state index contributed by atoms with van der Waals surface area (Å²) in [5, 5.41) is 12.1. The van der Waals surface area contributed by atoms with Crippen LogP contribution in [0.15, 0.2) is 36.4 Å². The minimum atomic E-state index is -0.587. The number of aliphatic hydroxyl groups excluding tert-OH is 1. The second-order valence-electron chi connectivity index (χ2n) is 6.76. The lowest BCUT2D eigenvalue weighted by atomic mass is 10.1. The number of rotatable bonds is 6. The molecule has 1 N–H and O–H groups in total. The van der Waals surface area contributed by atoms with Gasteiger partial charge in [-0.25, -0.2) is 0 Å². The molecular formula is C20H23Cl3N2O2. The van der Waals surface area contributed by atoms with Gasteiger partial charge in [0.25, 0.3) is 0 Å². The smallest absolute Gasteiger partial charge is 0.138 e. The average molecular weight is 430 g/mol. The summed E-state index contributed by atoms with van der Waals surface area (Å²) in [5.41, 5.74) is 2.41. The summed E-state index contributed by atoms with van der Waals surface area (Å²) in [5.74, 6) is 0.529. The van der Waals surface area contributed by atoms with Crippen LogP contribution in [0.25, 0.3) is 0 Å². The standard InChI is InChI=1S/C20H23Cl3N2O2/c1-14-2-3-16(22)11-19(14)25-8-6-24(7-9-25)12-17(26)13-27-20-5-4-15(21)10-18(20)23/h2-5,10-11,17,26H,6-9,12-13H2,1H3. The Hall–Kier alpha value is -1.17. The van der Waals surface area contributed by atoms with Crippen LogP contribution in [-0.2, 0) is 0 Å². The Bertz CT molecular complexity index is 780. The van der Waals surface area contributed by atoms with E-state index in [4.69, 9.17) is 39.5 Å². The zero-order chi connectivity index (χ0) is 19.4. The SMILES string of the molecule is Cc1ccc(Cl)cc1N1CCN(CC(O)COc2ccc(Cl)cc2Cl)CC1. The number of aryl methyl sites for hydroxylation is 1. The lowest BCUT2D eigenvalue weighted by Crippen LogP contribution is -2.49. The van der Waals surface area contributed by atoms with Crippen LogP contribution in [0.3, 0.4) is 0 Å². The van der Waals surface area contributed by atoms with Crippen LogP contribution in [0.2, 0.25) is 15.1 Å². The molecule has 1 fully saturated rings. The van der Waals surface area contributed by atoms with E-state index in [1.807, 2.05) is 18.2 Å². The van der Waals surface area contributed by atoms with Gasteiger partial charge in [0.1, 0.15) is 18.5 Å². The third kappa shape index (κ3) is 5.66. The largest absolute Gasteiger partial charge is 0.489 e. The van der Waals surface area contributed by atoms with Gasteiger partial charge in [0.05, 0.1) is 5.02 Å². The number of aliphatic hydroxyl groups is 1. The minimum Gasteiger partial charge on any atom is -0.489 e. The third-order valence-electron chi connectivity index (χ3n) is 4.68. The van der Waals surface area contributed by atoms with Crippen molar-refractivity contribution in [3.8, 4) is 5.75 Å². The number of nitrogens with zero attached hydrogens (tertiary/aromatic N) is 2. The van der Waals surface area contributed by atoms with Crippen molar-refractivity contribution in [2.24, 2.45) is 0 Å². The van der Waals surface area contributed by atoms with Crippen molar-refractivity contribution in [2.45, 2.75) is 13.0 Å². The molecular weight excluding hydrogens is 407 g/mol. The average Bonchev–Trinajstić information content (AvgIpc) is 2.64. The van der Waals surface area contributed by atoms with Gasteiger partial charge in [-0.05, 0) is 42.8 Å². The number of piperazine rings is 1. The van der Waals surface area contributed by atoms with E-state index in [0.29, 0.717) is 22.3 Å². The Morgan fingerprint density at radius 2 is 1.67 bits per heavy atom. The zero-order valence-corrected chi connectivity index (χ0v) is 17.4. The van der Waals surface area contributed by atoms with E-state index in [-0.39, 0.29) is 6.61 Å². The second-order valence-corrected chi connectivity index (χ2v) is 8.04. The highest BCUT2D eigenvalue weighted by atomic mass is 35.5. The predicted molar refractivity (Wildman–Crippen MR) is 113 cm³/mol. The van der Waals surface area contributed by atoms with Crippen LogP contribution >= 0.6 is 34.8 Å². The summed E-state index contributed by atoms with van der Waals surface area (Å²) in [4.78, 5) is 4.59. The van der Waals surface area contributed by atoms with Crippen LogP contribution in [0.4, 0.5) is 5.69 Å². The molecule has 146 valence electrons. The number of hydrogen-bond acceptors (Lipinski definition) is 4. The fourth-order valence-electron chi connectivity index (χ4n) is 3.22. The minimum absolute atomic E-state index is 0.189. The molecule has 0 radical (unpaired) electrons. The van der Waals surface area contributed by atoms with Crippen LogP contribution in [0.5, 0.6) is 5.75 Å². The Morgan fingerprint density at radius 1 is 1.00 bits per heavy atom. The van der Waals surface area contributed by atoms with E-state index in [1.165, 1.54) is 11.3 Å². The maximum absolute atomic E-state index is 10.3. The molecule has 1 saturated heterocycles. The summed E-state index contributed by atoms with van der Waals surface area (Å²) in [7, 11) is 0. The van der Waals surface area contributed by atoms with Crippen molar-refractivity contribution in [3.05, 3.63) is 57.0 Å². The molecule has 0 bridgehead atoms. The monoisotopic (exact) mass is 428 g/mol. The fourth-order valence-corrected chi connectivity index (χ4v) is 3.85. The predicted octanol–water partition coefficient (Wildman–Crippen LogP) is 4.52. The molecule has 7 heteroatoms. The highest BCUT2D eigenvalue weighted by Crippen LogP contribution is 2.28. The number of ether oxygens (including phenoxy) is 1. The molecule has 27 heavy (non-hydrogen) atoms. The van der Waals surface area contributed by atoms with Gasteiger partial charge in [-0.2, -0.15) is 0 Å². The molecule has 1 aliphatic rings. The molecule has 2 aromatic rings. The van der Waals surface area contributed by atoms with Crippen molar-refractivity contribution in [1.29, 1.82) is 0 Å². The van der Waals surface area contributed by atoms with Crippen LogP contribution < -0.4 is 9.64 Å². The van der Waals surface area contributed by atoms with E-state index >= 15 is 0 Å². The van der Waals surface area contributed by atoms with E-state index in [9.17, 15) is 5.11 Å². The quantitative estimate of drug-likeness (QED) is 0.732. The van der Waals surface area contributed by atoms with E-state index in [0.717, 1.165) is 31.2 Å². The van der Waals surface area contributed by atoms with E-state index < -0.39 is 6.10 Å². The molecule has 0 aromatic heterocycles. The van der Waals surface area contributed by atoms with Crippen molar-refractivity contribution >= 4 is 40.5 Å². The first-order chi connectivity index (χ1) is 12.9. The maximum atomic E-state index is 10.3. The molecule has 4 nitrogen and oxygen atoms in total. The van der Waals surface area contributed by atoms with Gasteiger partial charge in [0, 0.05) is 48.5 Å². The molecule has 0 aliphatic carbocycles. The van der Waals surface area contributed by atoms with Crippen molar-refractivity contribution < 1.29 is 9.84 Å². The van der Waals surface area contributed by atoms with Crippen molar-refractivity contribution in [3.63, 3.8) is 0 Å². The van der Waals surface area contributed by atoms with Gasteiger partial charge in [-0.15, -0.1) is 0 Å². The van der Waals surface area contributed by atoms with E-state index in [2.05, 4.69) is 16.7 Å². The highest BCUT2D eigenvalue weighted by Gasteiger charge is 2.21. The Labute approximate surface area is 175 Å². The Kier molecular flexibility index (Phi) is 7.12. The van der Waals surface area contributed by atoms with Gasteiger partial charge in [-0.1, -0.05) is 40.9 Å². The fraction of sp³-hybridized carbons (Fsp3) is 0.400. The normalized spacial score (nSPS) is 16.4.